The minimum Gasteiger partial charge on any atom is -0.287 e. The lowest BCUT2D eigenvalue weighted by molar-refractivity contribution is 0.0221. The summed E-state index contributed by atoms with van der Waals surface area (Å²) in [6.07, 6.45) is 0.886. The van der Waals surface area contributed by atoms with Crippen LogP contribution in [0.3, 0.4) is 0 Å². The molecule has 0 bridgehead atoms. The molecule has 0 aliphatic heterocycles. The summed E-state index contributed by atoms with van der Waals surface area (Å²) in [5, 5.41) is 0. The van der Waals surface area contributed by atoms with Gasteiger partial charge in [0.05, 0.1) is 0 Å². The molecular formula is C13H16F2O. The van der Waals surface area contributed by atoms with Crippen molar-refractivity contribution in [2.24, 2.45) is 5.92 Å². The van der Waals surface area contributed by atoms with Crippen molar-refractivity contribution in [2.75, 3.05) is 0 Å². The van der Waals surface area contributed by atoms with Crippen molar-refractivity contribution in [3.63, 3.8) is 0 Å². The highest BCUT2D eigenvalue weighted by molar-refractivity contribution is 6.01. The molecule has 0 fully saturated rings. The van der Waals surface area contributed by atoms with Crippen molar-refractivity contribution in [3.05, 3.63) is 35.4 Å². The molecule has 0 heterocycles. The van der Waals surface area contributed by atoms with E-state index in [2.05, 4.69) is 13.8 Å². The van der Waals surface area contributed by atoms with Crippen LogP contribution in [-0.2, 0) is 6.42 Å². The molecule has 0 N–H and O–H groups in total. The van der Waals surface area contributed by atoms with Crippen molar-refractivity contribution < 1.29 is 13.6 Å². The van der Waals surface area contributed by atoms with E-state index < -0.39 is 11.7 Å². The minimum absolute atomic E-state index is 0.0695. The summed E-state index contributed by atoms with van der Waals surface area (Å²) >= 11 is 0. The highest BCUT2D eigenvalue weighted by atomic mass is 19.3. The smallest absolute Gasteiger partial charge is 0.287 e. The van der Waals surface area contributed by atoms with Crippen LogP contribution in [0.15, 0.2) is 24.3 Å². The Morgan fingerprint density at radius 2 is 1.75 bits per heavy atom. The third-order valence-corrected chi connectivity index (χ3v) is 2.26. The average molecular weight is 226 g/mol. The molecule has 16 heavy (non-hydrogen) atoms. The number of Topliss-reactive ketones (excluding diaryl/α,β-unsaturated/α-hetero) is 1. The Kier molecular flexibility index (Phi) is 3.79. The maximum atomic E-state index is 12.8. The maximum Gasteiger partial charge on any atom is 0.307 e. The molecule has 1 aromatic carbocycles. The van der Waals surface area contributed by atoms with Crippen molar-refractivity contribution >= 4 is 5.78 Å². The molecular weight excluding hydrogens is 210 g/mol. The molecule has 0 aliphatic carbocycles. The van der Waals surface area contributed by atoms with Crippen LogP contribution in [-0.4, -0.2) is 11.7 Å². The summed E-state index contributed by atoms with van der Waals surface area (Å²) in [6.45, 7) is 4.79. The number of carbonyl (C=O) groups excluding carboxylic acids is 1. The van der Waals surface area contributed by atoms with Gasteiger partial charge in [0.15, 0.2) is 0 Å². The highest BCUT2D eigenvalue weighted by Gasteiger charge is 2.32. The van der Waals surface area contributed by atoms with Crippen LogP contribution in [0.2, 0.25) is 0 Å². The summed E-state index contributed by atoms with van der Waals surface area (Å²) in [5.41, 5.74) is 1.13. The standard InChI is InChI=1S/C13H16F2O/c1-9(2)8-10-4-6-11(7-5-10)12(16)13(3,14)15/h4-7,9H,8H2,1-3H3. The van der Waals surface area contributed by atoms with Gasteiger partial charge in [-0.25, -0.2) is 0 Å². The summed E-state index contributed by atoms with van der Waals surface area (Å²) < 4.78 is 25.5. The first-order valence-corrected chi connectivity index (χ1v) is 5.32. The Balaban J connectivity index is 2.83. The van der Waals surface area contributed by atoms with E-state index in [4.69, 9.17) is 0 Å². The summed E-state index contributed by atoms with van der Waals surface area (Å²) in [7, 11) is 0. The Bertz CT molecular complexity index is 361. The number of carbonyl (C=O) groups is 1. The predicted octanol–water partition coefficient (Wildman–Crippen LogP) is 3.72. The molecule has 1 nitrogen and oxygen atoms in total. The van der Waals surface area contributed by atoms with Gasteiger partial charge in [0.25, 0.3) is 0 Å². The Hall–Kier alpha value is -1.25. The van der Waals surface area contributed by atoms with Crippen molar-refractivity contribution in [1.29, 1.82) is 0 Å². The molecule has 1 rings (SSSR count). The lowest BCUT2D eigenvalue weighted by atomic mass is 9.99. The molecule has 0 aromatic heterocycles. The van der Waals surface area contributed by atoms with Gasteiger partial charge in [-0.2, -0.15) is 8.78 Å². The Morgan fingerprint density at radius 1 is 1.25 bits per heavy atom. The van der Waals surface area contributed by atoms with E-state index in [1.165, 1.54) is 12.1 Å². The van der Waals surface area contributed by atoms with Crippen LogP contribution in [0, 0.1) is 5.92 Å². The molecule has 0 radical (unpaired) electrons. The SMILES string of the molecule is CC(C)Cc1ccc(C(=O)C(C)(F)F)cc1. The van der Waals surface area contributed by atoms with E-state index in [1.54, 1.807) is 12.1 Å². The Morgan fingerprint density at radius 3 is 2.12 bits per heavy atom. The van der Waals surface area contributed by atoms with Gasteiger partial charge in [0.1, 0.15) is 0 Å². The highest BCUT2D eigenvalue weighted by Crippen LogP contribution is 2.20. The maximum absolute atomic E-state index is 12.8. The van der Waals surface area contributed by atoms with Crippen molar-refractivity contribution in [3.8, 4) is 0 Å². The second kappa shape index (κ2) is 4.73. The second-order valence-electron chi connectivity index (χ2n) is 4.51. The molecule has 1 aromatic rings. The topological polar surface area (TPSA) is 17.1 Å². The number of ketones is 1. The molecule has 3 heteroatoms. The lowest BCUT2D eigenvalue weighted by Gasteiger charge is -2.10. The molecule has 0 unspecified atom stereocenters. The van der Waals surface area contributed by atoms with Crippen LogP contribution in [0.1, 0.15) is 36.7 Å². The van der Waals surface area contributed by atoms with Gasteiger partial charge < -0.3 is 0 Å². The largest absolute Gasteiger partial charge is 0.307 e. The minimum atomic E-state index is -3.29. The molecule has 0 spiro atoms. The monoisotopic (exact) mass is 226 g/mol. The number of alkyl halides is 2. The van der Waals surface area contributed by atoms with Crippen molar-refractivity contribution in [2.45, 2.75) is 33.1 Å². The molecule has 0 saturated carbocycles. The van der Waals surface area contributed by atoms with Gasteiger partial charge in [-0.1, -0.05) is 38.1 Å². The fraction of sp³-hybridized carbons (Fsp3) is 0.462. The summed E-state index contributed by atoms with van der Waals surface area (Å²) in [6, 6.07) is 6.41. The van der Waals surface area contributed by atoms with E-state index in [0.29, 0.717) is 12.8 Å². The fourth-order valence-corrected chi connectivity index (χ4v) is 1.52. The average Bonchev–Trinajstić information content (AvgIpc) is 2.15. The third kappa shape index (κ3) is 3.40. The van der Waals surface area contributed by atoms with Crippen LogP contribution >= 0.6 is 0 Å². The predicted molar refractivity (Wildman–Crippen MR) is 59.9 cm³/mol. The van der Waals surface area contributed by atoms with Crippen LogP contribution in [0.5, 0.6) is 0 Å². The fourth-order valence-electron chi connectivity index (χ4n) is 1.52. The van der Waals surface area contributed by atoms with E-state index in [-0.39, 0.29) is 5.56 Å². The molecule has 0 aliphatic rings. The normalized spacial score (nSPS) is 11.9. The van der Waals surface area contributed by atoms with Crippen LogP contribution in [0.4, 0.5) is 8.78 Å². The molecule has 88 valence electrons. The van der Waals surface area contributed by atoms with Gasteiger partial charge in [0.2, 0.25) is 5.78 Å². The molecule has 0 amide bonds. The van der Waals surface area contributed by atoms with Gasteiger partial charge in [-0.15, -0.1) is 0 Å². The zero-order chi connectivity index (χ0) is 12.3. The molecule has 0 atom stereocenters. The third-order valence-electron chi connectivity index (χ3n) is 2.26. The number of hydrogen-bond donors (Lipinski definition) is 0. The van der Waals surface area contributed by atoms with E-state index in [0.717, 1.165) is 12.0 Å². The first-order valence-electron chi connectivity index (χ1n) is 5.32. The number of benzene rings is 1. The van der Waals surface area contributed by atoms with E-state index in [1.807, 2.05) is 0 Å². The first kappa shape index (κ1) is 12.8. The van der Waals surface area contributed by atoms with E-state index >= 15 is 0 Å². The zero-order valence-electron chi connectivity index (χ0n) is 9.76. The van der Waals surface area contributed by atoms with Crippen LogP contribution < -0.4 is 0 Å². The zero-order valence-corrected chi connectivity index (χ0v) is 9.76. The van der Waals surface area contributed by atoms with Gasteiger partial charge in [0, 0.05) is 12.5 Å². The summed E-state index contributed by atoms with van der Waals surface area (Å²) in [4.78, 5) is 11.2. The first-order chi connectivity index (χ1) is 7.30. The Labute approximate surface area is 94.5 Å². The quantitative estimate of drug-likeness (QED) is 0.715. The van der Waals surface area contributed by atoms with Gasteiger partial charge >= 0.3 is 5.92 Å². The van der Waals surface area contributed by atoms with Gasteiger partial charge in [-0.3, -0.25) is 4.79 Å². The number of rotatable bonds is 4. The number of halogens is 2. The lowest BCUT2D eigenvalue weighted by Crippen LogP contribution is -2.24. The second-order valence-corrected chi connectivity index (χ2v) is 4.51. The molecule has 0 saturated heterocycles. The van der Waals surface area contributed by atoms with Crippen LogP contribution in [0.25, 0.3) is 0 Å². The number of hydrogen-bond acceptors (Lipinski definition) is 1. The van der Waals surface area contributed by atoms with Gasteiger partial charge in [-0.05, 0) is 17.9 Å². The summed E-state index contributed by atoms with van der Waals surface area (Å²) in [5.74, 6) is -3.91. The van der Waals surface area contributed by atoms with E-state index in [9.17, 15) is 13.6 Å². The van der Waals surface area contributed by atoms with Crippen molar-refractivity contribution in [1.82, 2.24) is 0 Å².